The molecule has 0 atom stereocenters. The molecule has 0 aromatic heterocycles. The molecule has 2 heteroatoms. The van der Waals surface area contributed by atoms with Crippen LogP contribution in [0, 0.1) is 20.8 Å². The maximum atomic E-state index is 3.72. The average molecular weight is 496 g/mol. The molecule has 0 saturated carbocycles. The minimum atomic E-state index is 0. The van der Waals surface area contributed by atoms with E-state index in [1.165, 1.54) is 0 Å². The van der Waals surface area contributed by atoms with E-state index < -0.39 is 0 Å². The van der Waals surface area contributed by atoms with Gasteiger partial charge in [-0.05, 0) is 0 Å². The van der Waals surface area contributed by atoms with Crippen LogP contribution in [0.2, 0.25) is 0 Å². The van der Waals surface area contributed by atoms with Gasteiger partial charge >= 0.3 is 25.8 Å². The molecular weight excluding hydrogens is 469 g/mol. The van der Waals surface area contributed by atoms with Gasteiger partial charge in [0, 0.05) is 0 Å². The van der Waals surface area contributed by atoms with Gasteiger partial charge in [-0.2, -0.15) is 88.0 Å². The van der Waals surface area contributed by atoms with Crippen LogP contribution in [0.4, 0.5) is 0 Å². The fourth-order valence-electron chi connectivity index (χ4n) is 1.43. The van der Waals surface area contributed by atoms with Gasteiger partial charge in [0.1, 0.15) is 0 Å². The molecule has 0 fully saturated rings. The summed E-state index contributed by atoms with van der Waals surface area (Å²) in [5.41, 5.74) is 3.22. The molecule has 0 amide bonds. The Morgan fingerprint density at radius 3 is 0.720 bits per heavy atom. The van der Waals surface area contributed by atoms with Crippen molar-refractivity contribution in [3.8, 4) is 0 Å². The van der Waals surface area contributed by atoms with E-state index in [2.05, 4.69) is 26.1 Å². The number of benzene rings is 3. The molecule has 0 bridgehead atoms. The van der Waals surface area contributed by atoms with Gasteiger partial charge in [0.05, 0.1) is 0 Å². The first-order valence-electron chi connectivity index (χ1n) is 7.69. The fourth-order valence-corrected chi connectivity index (χ4v) is 1.43. The molecule has 0 spiro atoms. The van der Waals surface area contributed by atoms with Crippen molar-refractivity contribution in [2.75, 3.05) is 14.1 Å². The SMILES string of the molecule is C[N-]C.[CH2-]c1ccccc1.[CH2-]c1ccccc1.[CH2-]c1ccccc1.[Hf+4]. The van der Waals surface area contributed by atoms with Crippen LogP contribution in [0.25, 0.3) is 5.32 Å². The molecule has 0 heterocycles. The number of hydrogen-bond acceptors (Lipinski definition) is 0. The molecule has 3 aromatic carbocycles. The molecule has 0 aliphatic heterocycles. The molecule has 128 valence electrons. The zero-order chi connectivity index (χ0) is 18.0. The maximum absolute atomic E-state index is 3.72. The molecule has 0 aliphatic rings. The largest absolute Gasteiger partial charge is 4.00 e. The molecule has 0 unspecified atom stereocenters. The van der Waals surface area contributed by atoms with Gasteiger partial charge in [-0.15, -0.1) is 36.4 Å². The summed E-state index contributed by atoms with van der Waals surface area (Å²) in [6, 6.07) is 29.6. The molecule has 0 aliphatic carbocycles. The zero-order valence-electron chi connectivity index (χ0n) is 15.2. The Balaban J connectivity index is 0. The molecule has 3 aromatic rings. The summed E-state index contributed by atoms with van der Waals surface area (Å²) >= 11 is 0. The van der Waals surface area contributed by atoms with Crippen molar-refractivity contribution in [2.45, 2.75) is 0 Å². The van der Waals surface area contributed by atoms with Crippen LogP contribution in [0.15, 0.2) is 91.0 Å². The Labute approximate surface area is 173 Å². The van der Waals surface area contributed by atoms with Crippen LogP contribution in [-0.4, -0.2) is 14.1 Å². The molecule has 25 heavy (non-hydrogen) atoms. The van der Waals surface area contributed by atoms with Crippen molar-refractivity contribution in [3.05, 3.63) is 134 Å². The van der Waals surface area contributed by atoms with E-state index in [1.54, 1.807) is 14.1 Å². The third-order valence-electron chi connectivity index (χ3n) is 2.53. The van der Waals surface area contributed by atoms with Crippen molar-refractivity contribution in [2.24, 2.45) is 0 Å². The predicted octanol–water partition coefficient (Wildman–Crippen LogP) is 6.22. The minimum Gasteiger partial charge on any atom is -0.668 e. The summed E-state index contributed by atoms with van der Waals surface area (Å²) in [7, 11) is 3.50. The quantitative estimate of drug-likeness (QED) is 0.259. The average Bonchev–Trinajstić information content (AvgIpc) is 2.59. The van der Waals surface area contributed by atoms with Crippen LogP contribution < -0.4 is 0 Å². The standard InChI is InChI=1S/3C7H7.C2H6N.Hf/c3*1-7-5-3-2-4-6-7;1-3-2;/h3*2-6H,1H2;1-2H3;/q4*-1;+4. The Morgan fingerprint density at radius 2 is 0.640 bits per heavy atom. The first kappa shape index (κ1) is 25.3. The first-order chi connectivity index (χ1) is 11.6. The number of nitrogens with zero attached hydrogens (tertiary/aromatic N) is 1. The Morgan fingerprint density at radius 1 is 0.480 bits per heavy atom. The number of hydrogen-bond donors (Lipinski definition) is 0. The molecule has 0 saturated heterocycles. The van der Waals surface area contributed by atoms with Gasteiger partial charge in [0.25, 0.3) is 0 Å². The maximum Gasteiger partial charge on any atom is 4.00 e. The summed E-state index contributed by atoms with van der Waals surface area (Å²) in [5.74, 6) is 0. The van der Waals surface area contributed by atoms with Crippen LogP contribution in [0.5, 0.6) is 0 Å². The Hall–Kier alpha value is -1.90. The third-order valence-corrected chi connectivity index (χ3v) is 2.53. The smallest absolute Gasteiger partial charge is 0.668 e. The Kier molecular flexibility index (Phi) is 18.7. The van der Waals surface area contributed by atoms with Crippen molar-refractivity contribution in [1.29, 1.82) is 0 Å². The molecule has 3 rings (SSSR count). The van der Waals surface area contributed by atoms with Crippen molar-refractivity contribution in [1.82, 2.24) is 0 Å². The van der Waals surface area contributed by atoms with Gasteiger partial charge < -0.3 is 5.32 Å². The van der Waals surface area contributed by atoms with E-state index >= 15 is 0 Å². The zero-order valence-corrected chi connectivity index (χ0v) is 18.8. The van der Waals surface area contributed by atoms with Gasteiger partial charge in [-0.3, -0.25) is 0 Å². The number of rotatable bonds is 0. The van der Waals surface area contributed by atoms with Crippen LogP contribution >= 0.6 is 0 Å². The van der Waals surface area contributed by atoms with Crippen molar-refractivity contribution >= 4 is 0 Å². The van der Waals surface area contributed by atoms with E-state index in [0.29, 0.717) is 0 Å². The second kappa shape index (κ2) is 18.4. The van der Waals surface area contributed by atoms with E-state index in [9.17, 15) is 0 Å². The topological polar surface area (TPSA) is 14.1 Å². The normalized spacial score (nSPS) is 7.92. The summed E-state index contributed by atoms with van der Waals surface area (Å²) in [6.07, 6.45) is 0. The van der Waals surface area contributed by atoms with E-state index in [4.69, 9.17) is 0 Å². The predicted molar refractivity (Wildman–Crippen MR) is 108 cm³/mol. The third kappa shape index (κ3) is 18.3. The first-order valence-corrected chi connectivity index (χ1v) is 7.69. The molecule has 0 N–H and O–H groups in total. The van der Waals surface area contributed by atoms with Crippen LogP contribution in [0.3, 0.4) is 0 Å². The second-order valence-corrected chi connectivity index (χ2v) is 4.90. The monoisotopic (exact) mass is 497 g/mol. The summed E-state index contributed by atoms with van der Waals surface area (Å²) in [4.78, 5) is 0. The van der Waals surface area contributed by atoms with E-state index in [1.807, 2.05) is 91.0 Å². The molecule has 0 radical (unpaired) electrons. The summed E-state index contributed by atoms with van der Waals surface area (Å²) in [6.45, 7) is 11.2. The van der Waals surface area contributed by atoms with Gasteiger partial charge in [0.2, 0.25) is 0 Å². The van der Waals surface area contributed by atoms with Crippen LogP contribution in [0.1, 0.15) is 16.7 Å². The Bertz CT molecular complexity index is 506. The summed E-state index contributed by atoms with van der Waals surface area (Å²) in [5, 5.41) is 3.50. The summed E-state index contributed by atoms with van der Waals surface area (Å²) < 4.78 is 0. The van der Waals surface area contributed by atoms with Gasteiger partial charge in [0.15, 0.2) is 0 Å². The van der Waals surface area contributed by atoms with Crippen LogP contribution in [-0.2, 0) is 25.8 Å². The fraction of sp³-hybridized carbons (Fsp3) is 0.0870. The van der Waals surface area contributed by atoms with Crippen molar-refractivity contribution in [3.63, 3.8) is 0 Å². The van der Waals surface area contributed by atoms with Gasteiger partial charge in [-0.25, -0.2) is 0 Å². The minimum absolute atomic E-state index is 0. The van der Waals surface area contributed by atoms with Crippen molar-refractivity contribution < 1.29 is 25.8 Å². The van der Waals surface area contributed by atoms with Gasteiger partial charge in [-0.1, -0.05) is 18.2 Å². The van der Waals surface area contributed by atoms with E-state index in [0.717, 1.165) is 16.7 Å². The molecular formula is C23H27HfN. The second-order valence-electron chi connectivity index (χ2n) is 4.90. The van der Waals surface area contributed by atoms with E-state index in [-0.39, 0.29) is 25.8 Å². The molecule has 1 nitrogen and oxygen atoms in total.